The minimum absolute atomic E-state index is 0.0625. The molecule has 1 aromatic rings. The Labute approximate surface area is 82.1 Å². The molecule has 0 aromatic heterocycles. The van der Waals surface area contributed by atoms with E-state index in [-0.39, 0.29) is 4.69 Å². The van der Waals surface area contributed by atoms with Gasteiger partial charge in [0.05, 0.1) is 0 Å². The van der Waals surface area contributed by atoms with Gasteiger partial charge in [0.2, 0.25) is 4.69 Å². The molecule has 0 spiro atoms. The predicted octanol–water partition coefficient (Wildman–Crippen LogP) is 3.12. The predicted molar refractivity (Wildman–Crippen MR) is 52.3 cm³/mol. The smallest absolute Gasteiger partial charge is 0.228 e. The zero-order valence-electron chi connectivity index (χ0n) is 5.68. The van der Waals surface area contributed by atoms with Crippen molar-refractivity contribution in [2.45, 2.75) is 5.33 Å². The Balaban J connectivity index is 3.12. The minimum Gasteiger partial charge on any atom is -0.281 e. The van der Waals surface area contributed by atoms with Gasteiger partial charge in [0.25, 0.3) is 0 Å². The summed E-state index contributed by atoms with van der Waals surface area (Å²) in [6, 6.07) is 7.48. The van der Waals surface area contributed by atoms with Crippen LogP contribution in [0.25, 0.3) is 0 Å². The molecule has 0 aliphatic carbocycles. The highest BCUT2D eigenvalue weighted by atomic mass is 79.9. The van der Waals surface area contributed by atoms with Crippen molar-refractivity contribution in [2.24, 2.45) is 0 Å². The second-order valence-electron chi connectivity index (χ2n) is 2.06. The van der Waals surface area contributed by atoms with Crippen LogP contribution >= 0.6 is 31.9 Å². The molecular formula is C8H6Br2O. The number of alkyl halides is 1. The molecule has 1 nitrogen and oxygen atoms in total. The summed E-state index contributed by atoms with van der Waals surface area (Å²) < 4.78 is -0.0625. The van der Waals surface area contributed by atoms with Crippen LogP contribution in [0.1, 0.15) is 15.9 Å². The van der Waals surface area contributed by atoms with E-state index >= 15 is 0 Å². The third-order valence-corrected chi connectivity index (χ3v) is 2.40. The summed E-state index contributed by atoms with van der Waals surface area (Å²) in [4.78, 5) is 10.9. The lowest BCUT2D eigenvalue weighted by atomic mass is 10.1. The molecule has 0 saturated carbocycles. The fourth-order valence-electron chi connectivity index (χ4n) is 0.829. The first-order chi connectivity index (χ1) is 5.25. The van der Waals surface area contributed by atoms with E-state index < -0.39 is 0 Å². The van der Waals surface area contributed by atoms with Crippen molar-refractivity contribution in [1.29, 1.82) is 0 Å². The van der Waals surface area contributed by atoms with Gasteiger partial charge < -0.3 is 0 Å². The first-order valence-corrected chi connectivity index (χ1v) is 5.01. The van der Waals surface area contributed by atoms with Crippen LogP contribution in [0.5, 0.6) is 0 Å². The molecule has 3 heteroatoms. The molecule has 0 heterocycles. The summed E-state index contributed by atoms with van der Waals surface area (Å²) in [7, 11) is 0. The average Bonchev–Trinajstić information content (AvgIpc) is 2.04. The lowest BCUT2D eigenvalue weighted by molar-refractivity contribution is 0.109. The van der Waals surface area contributed by atoms with Crippen LogP contribution in [-0.4, -0.2) is 4.69 Å². The van der Waals surface area contributed by atoms with Crippen LogP contribution in [0.3, 0.4) is 0 Å². The van der Waals surface area contributed by atoms with E-state index in [4.69, 9.17) is 0 Å². The molecule has 0 atom stereocenters. The summed E-state index contributed by atoms with van der Waals surface area (Å²) >= 11 is 6.22. The summed E-state index contributed by atoms with van der Waals surface area (Å²) in [6.07, 6.45) is 0. The van der Waals surface area contributed by atoms with Crippen LogP contribution in [0.15, 0.2) is 24.3 Å². The van der Waals surface area contributed by atoms with Crippen molar-refractivity contribution in [1.82, 2.24) is 0 Å². The molecule has 0 amide bonds. The number of rotatable bonds is 2. The van der Waals surface area contributed by atoms with Gasteiger partial charge in [-0.1, -0.05) is 40.2 Å². The number of benzene rings is 1. The van der Waals surface area contributed by atoms with E-state index in [1.54, 1.807) is 6.07 Å². The van der Waals surface area contributed by atoms with Gasteiger partial charge in [0, 0.05) is 10.9 Å². The molecule has 0 aliphatic heterocycles. The highest BCUT2D eigenvalue weighted by molar-refractivity contribution is 9.18. The molecular weight excluding hydrogens is 272 g/mol. The quantitative estimate of drug-likeness (QED) is 0.600. The molecule has 0 bridgehead atoms. The first kappa shape index (κ1) is 8.94. The maximum absolute atomic E-state index is 10.9. The Kier molecular flexibility index (Phi) is 3.27. The largest absolute Gasteiger partial charge is 0.281 e. The highest BCUT2D eigenvalue weighted by Gasteiger charge is 2.04. The number of carbonyl (C=O) groups is 1. The molecule has 0 N–H and O–H groups in total. The maximum atomic E-state index is 10.9. The minimum atomic E-state index is -0.0625. The summed E-state index contributed by atoms with van der Waals surface area (Å²) in [5.41, 5.74) is 1.73. The fraction of sp³-hybridized carbons (Fsp3) is 0.125. The molecule has 1 aromatic carbocycles. The molecule has 1 rings (SSSR count). The molecule has 0 radical (unpaired) electrons. The Morgan fingerprint density at radius 1 is 1.36 bits per heavy atom. The summed E-state index contributed by atoms with van der Waals surface area (Å²) in [5, 5.41) is 0.709. The van der Waals surface area contributed by atoms with E-state index in [0.29, 0.717) is 5.33 Å². The van der Waals surface area contributed by atoms with Crippen molar-refractivity contribution in [2.75, 3.05) is 0 Å². The van der Waals surface area contributed by atoms with Crippen LogP contribution in [0, 0.1) is 0 Å². The lowest BCUT2D eigenvalue weighted by Crippen LogP contribution is -1.93. The van der Waals surface area contributed by atoms with E-state index in [2.05, 4.69) is 31.9 Å². The average molecular weight is 278 g/mol. The number of hydrogen-bond donors (Lipinski definition) is 0. The Hall–Kier alpha value is -0.150. The summed E-state index contributed by atoms with van der Waals surface area (Å²) in [5.74, 6) is 0. The van der Waals surface area contributed by atoms with E-state index in [9.17, 15) is 4.79 Å². The van der Waals surface area contributed by atoms with E-state index in [0.717, 1.165) is 11.1 Å². The molecule has 0 saturated heterocycles. The van der Waals surface area contributed by atoms with Gasteiger partial charge in [-0.3, -0.25) is 4.79 Å². The van der Waals surface area contributed by atoms with Gasteiger partial charge in [0.1, 0.15) is 0 Å². The van der Waals surface area contributed by atoms with E-state index in [1.807, 2.05) is 18.2 Å². The zero-order valence-corrected chi connectivity index (χ0v) is 8.85. The maximum Gasteiger partial charge on any atom is 0.228 e. The normalized spacial score (nSPS) is 9.64. The second-order valence-corrected chi connectivity index (χ2v) is 3.35. The monoisotopic (exact) mass is 276 g/mol. The third kappa shape index (κ3) is 2.14. The Bertz CT molecular complexity index is 271. The van der Waals surface area contributed by atoms with Crippen LogP contribution in [0.4, 0.5) is 0 Å². The first-order valence-electron chi connectivity index (χ1n) is 3.09. The Morgan fingerprint density at radius 3 is 2.45 bits per heavy atom. The molecule has 11 heavy (non-hydrogen) atoms. The molecule has 0 aliphatic rings. The molecule has 0 unspecified atom stereocenters. The van der Waals surface area contributed by atoms with Crippen LogP contribution in [-0.2, 0) is 5.33 Å². The second kappa shape index (κ2) is 4.02. The number of halogens is 2. The van der Waals surface area contributed by atoms with Crippen LogP contribution in [0.2, 0.25) is 0 Å². The molecule has 0 fully saturated rings. The highest BCUT2D eigenvalue weighted by Crippen LogP contribution is 2.14. The standard InChI is InChI=1S/C8H6Br2O/c9-5-6-3-1-2-4-7(6)8(10)11/h1-4H,5H2. The van der Waals surface area contributed by atoms with Gasteiger partial charge in [-0.15, -0.1) is 0 Å². The molecule has 58 valence electrons. The van der Waals surface area contributed by atoms with Gasteiger partial charge in [-0.2, -0.15) is 0 Å². The van der Waals surface area contributed by atoms with Crippen molar-refractivity contribution in [3.63, 3.8) is 0 Å². The Morgan fingerprint density at radius 2 is 2.00 bits per heavy atom. The van der Waals surface area contributed by atoms with E-state index in [1.165, 1.54) is 0 Å². The van der Waals surface area contributed by atoms with Gasteiger partial charge in [-0.05, 0) is 21.5 Å². The van der Waals surface area contributed by atoms with Crippen molar-refractivity contribution >= 4 is 36.6 Å². The SMILES string of the molecule is O=C(Br)c1ccccc1CBr. The van der Waals surface area contributed by atoms with Crippen molar-refractivity contribution in [3.8, 4) is 0 Å². The van der Waals surface area contributed by atoms with Gasteiger partial charge >= 0.3 is 0 Å². The number of hydrogen-bond acceptors (Lipinski definition) is 1. The van der Waals surface area contributed by atoms with Crippen molar-refractivity contribution in [3.05, 3.63) is 35.4 Å². The summed E-state index contributed by atoms with van der Waals surface area (Å²) in [6.45, 7) is 0. The fourth-order valence-corrected chi connectivity index (χ4v) is 1.70. The third-order valence-electron chi connectivity index (χ3n) is 1.37. The zero-order chi connectivity index (χ0) is 8.27. The number of carbonyl (C=O) groups excluding carboxylic acids is 1. The van der Waals surface area contributed by atoms with Crippen LogP contribution < -0.4 is 0 Å². The van der Waals surface area contributed by atoms with Gasteiger partial charge in [-0.25, -0.2) is 0 Å². The van der Waals surface area contributed by atoms with Crippen molar-refractivity contribution < 1.29 is 4.79 Å². The topological polar surface area (TPSA) is 17.1 Å². The lowest BCUT2D eigenvalue weighted by Gasteiger charge is -1.99. The van der Waals surface area contributed by atoms with Gasteiger partial charge in [0.15, 0.2) is 0 Å².